The molecule has 7 heteroatoms. The normalized spacial score (nSPS) is 4.20. The van der Waals surface area contributed by atoms with Gasteiger partial charge in [-0.25, -0.2) is 0 Å². The van der Waals surface area contributed by atoms with Gasteiger partial charge in [-0.2, -0.15) is 0 Å². The minimum atomic E-state index is 0. The van der Waals surface area contributed by atoms with Crippen molar-refractivity contribution in [3.8, 4) is 12.3 Å². The summed E-state index contributed by atoms with van der Waals surface area (Å²) in [6.07, 6.45) is 5.10. The van der Waals surface area contributed by atoms with Crippen molar-refractivity contribution in [2.45, 2.75) is 0 Å². The van der Waals surface area contributed by atoms with Crippen LogP contribution in [-0.2, 0) is 21.1 Å². The Morgan fingerprint density at radius 2 is 1.07 bits per heavy atom. The van der Waals surface area contributed by atoms with E-state index in [2.05, 4.69) is 5.92 Å². The molecule has 0 bridgehead atoms. The third-order valence-corrected chi connectivity index (χ3v) is 0.940. The smallest absolute Gasteiger partial charge is 0.0242 e. The zero-order chi connectivity index (χ0) is 5.82. The molecule has 0 fully saturated rings. The van der Waals surface area contributed by atoms with Gasteiger partial charge in [-0.05, 0) is 12.1 Å². The summed E-state index contributed by atoms with van der Waals surface area (Å²) in [6.45, 7) is 0. The molecule has 0 N–H and O–H groups in total. The van der Waals surface area contributed by atoms with Gasteiger partial charge in [-0.1, -0.05) is 24.1 Å². The first kappa shape index (κ1) is 44.2. The molecule has 0 aliphatic rings. The van der Waals surface area contributed by atoms with E-state index in [0.29, 0.717) is 0 Å². The molecule has 0 unspecified atom stereocenters. The van der Waals surface area contributed by atoms with Gasteiger partial charge in [0.15, 0.2) is 0 Å². The molecule has 0 heterocycles. The molecule has 0 spiro atoms. The third-order valence-electron chi connectivity index (χ3n) is 0.940. The average Bonchev–Trinajstić information content (AvgIpc) is 1.90. The van der Waals surface area contributed by atoms with E-state index in [0.717, 1.165) is 5.56 Å². The molecule has 1 rings (SSSR count). The summed E-state index contributed by atoms with van der Waals surface area (Å²) in [6, 6.07) is 9.60. The maximum Gasteiger partial charge on any atom is 0.0242 e. The van der Waals surface area contributed by atoms with Crippen molar-refractivity contribution in [1.82, 2.24) is 0 Å². The maximum absolute atomic E-state index is 5.10. The van der Waals surface area contributed by atoms with Crippen LogP contribution < -0.4 is 0 Å². The molecule has 0 aromatic heterocycles. The van der Waals surface area contributed by atoms with Crippen LogP contribution in [0, 0.1) is 12.3 Å². The van der Waals surface area contributed by atoms with Gasteiger partial charge in [0, 0.05) is 26.6 Å². The van der Waals surface area contributed by atoms with Crippen molar-refractivity contribution in [2.24, 2.45) is 0 Å². The van der Waals surface area contributed by atoms with E-state index in [1.54, 1.807) is 0 Å². The SMILES string of the molecule is C#Cc1ccccc1.Cl.Cl.Cl.Cl.Cl.Cl.[W]. The zero-order valence-electron chi connectivity index (χ0n) is 7.32. The van der Waals surface area contributed by atoms with Crippen LogP contribution in [0.4, 0.5) is 0 Å². The maximum atomic E-state index is 5.10. The summed E-state index contributed by atoms with van der Waals surface area (Å²) in [7, 11) is 0. The van der Waals surface area contributed by atoms with Gasteiger partial charge in [0.25, 0.3) is 0 Å². The summed E-state index contributed by atoms with van der Waals surface area (Å²) >= 11 is 0. The number of hydrogen-bond acceptors (Lipinski definition) is 0. The average molecular weight is 505 g/mol. The zero-order valence-corrected chi connectivity index (χ0v) is 15.2. The quantitative estimate of drug-likeness (QED) is 0.465. The van der Waals surface area contributed by atoms with Gasteiger partial charge in [-0.15, -0.1) is 80.9 Å². The summed E-state index contributed by atoms with van der Waals surface area (Å²) in [5.41, 5.74) is 0.938. The first-order chi connectivity index (χ1) is 3.93. The largest absolute Gasteiger partial charge is 0.147 e. The minimum Gasteiger partial charge on any atom is -0.147 e. The molecular formula is C8H12Cl6W. The van der Waals surface area contributed by atoms with Gasteiger partial charge in [-0.3, -0.25) is 0 Å². The van der Waals surface area contributed by atoms with Crippen LogP contribution in [-0.4, -0.2) is 0 Å². The van der Waals surface area contributed by atoms with Crippen molar-refractivity contribution in [3.05, 3.63) is 35.9 Å². The predicted molar refractivity (Wildman–Crippen MR) is 77.9 cm³/mol. The van der Waals surface area contributed by atoms with Crippen molar-refractivity contribution in [2.75, 3.05) is 0 Å². The van der Waals surface area contributed by atoms with Crippen molar-refractivity contribution < 1.29 is 21.1 Å². The second-order valence-electron chi connectivity index (χ2n) is 1.51. The Hall–Kier alpha value is 1.21. The number of terminal acetylenes is 1. The summed E-state index contributed by atoms with van der Waals surface area (Å²) in [5, 5.41) is 0. The first-order valence-electron chi connectivity index (χ1n) is 2.45. The molecular weight excluding hydrogens is 493 g/mol. The fourth-order valence-corrected chi connectivity index (χ4v) is 0.534. The summed E-state index contributed by atoms with van der Waals surface area (Å²) < 4.78 is 0. The number of halogens is 6. The monoisotopic (exact) mass is 502 g/mol. The van der Waals surface area contributed by atoms with Crippen LogP contribution in [0.3, 0.4) is 0 Å². The van der Waals surface area contributed by atoms with Crippen LogP contribution in [0.2, 0.25) is 0 Å². The molecule has 0 atom stereocenters. The van der Waals surface area contributed by atoms with Gasteiger partial charge in [0.2, 0.25) is 0 Å². The Kier molecular flexibility index (Phi) is 86.8. The van der Waals surface area contributed by atoms with Gasteiger partial charge in [0.05, 0.1) is 0 Å². The van der Waals surface area contributed by atoms with E-state index >= 15 is 0 Å². The van der Waals surface area contributed by atoms with Crippen LogP contribution in [0.25, 0.3) is 0 Å². The Morgan fingerprint density at radius 3 is 1.27 bits per heavy atom. The molecule has 0 nitrogen and oxygen atoms in total. The molecule has 1 aromatic rings. The molecule has 0 aliphatic carbocycles. The van der Waals surface area contributed by atoms with E-state index in [4.69, 9.17) is 6.42 Å². The topological polar surface area (TPSA) is 0 Å². The van der Waals surface area contributed by atoms with Gasteiger partial charge in [0.1, 0.15) is 0 Å². The number of rotatable bonds is 0. The third kappa shape index (κ3) is 21.1. The Morgan fingerprint density at radius 1 is 0.733 bits per heavy atom. The van der Waals surface area contributed by atoms with Crippen molar-refractivity contribution in [3.63, 3.8) is 0 Å². The summed E-state index contributed by atoms with van der Waals surface area (Å²) in [5.74, 6) is 2.53. The molecule has 1 aromatic carbocycles. The Labute approximate surface area is 142 Å². The molecule has 0 saturated heterocycles. The molecule has 0 aliphatic heterocycles. The number of benzene rings is 1. The number of hydrogen-bond donors (Lipinski definition) is 0. The van der Waals surface area contributed by atoms with E-state index < -0.39 is 0 Å². The summed E-state index contributed by atoms with van der Waals surface area (Å²) in [4.78, 5) is 0. The predicted octanol–water partition coefficient (Wildman–Crippen LogP) is 4.20. The van der Waals surface area contributed by atoms with Crippen molar-refractivity contribution >= 4 is 74.4 Å². The second kappa shape index (κ2) is 29.5. The van der Waals surface area contributed by atoms with Gasteiger partial charge < -0.3 is 0 Å². The van der Waals surface area contributed by atoms with Gasteiger partial charge >= 0.3 is 0 Å². The fraction of sp³-hybridized carbons (Fsp3) is 0. The molecule has 92 valence electrons. The molecule has 0 saturated carbocycles. The molecule has 15 heavy (non-hydrogen) atoms. The fourth-order valence-electron chi connectivity index (χ4n) is 0.534. The van der Waals surface area contributed by atoms with Crippen LogP contribution in [0.1, 0.15) is 5.56 Å². The Balaban J connectivity index is -0.0000000183. The van der Waals surface area contributed by atoms with Crippen LogP contribution >= 0.6 is 74.4 Å². The Bertz CT molecular complexity index is 210. The molecule has 0 radical (unpaired) electrons. The van der Waals surface area contributed by atoms with E-state index in [-0.39, 0.29) is 95.5 Å². The first-order valence-corrected chi connectivity index (χ1v) is 2.45. The molecule has 0 amide bonds. The second-order valence-corrected chi connectivity index (χ2v) is 1.51. The van der Waals surface area contributed by atoms with Crippen molar-refractivity contribution in [1.29, 1.82) is 0 Å². The van der Waals surface area contributed by atoms with Crippen LogP contribution in [0.15, 0.2) is 30.3 Å². The van der Waals surface area contributed by atoms with Crippen LogP contribution in [0.5, 0.6) is 0 Å². The van der Waals surface area contributed by atoms with E-state index in [1.807, 2.05) is 30.3 Å². The van der Waals surface area contributed by atoms with E-state index in [9.17, 15) is 0 Å². The minimum absolute atomic E-state index is 0. The standard InChI is InChI=1S/C8H6.6ClH.W/c1-2-8-6-4-3-5-7-8;;;;;;;/h1,3-7H;6*1H;. The van der Waals surface area contributed by atoms with E-state index in [1.165, 1.54) is 0 Å².